The Hall–Kier alpha value is -1.14. The minimum absolute atomic E-state index is 0.0946. The zero-order valence-electron chi connectivity index (χ0n) is 15.1. The van der Waals surface area contributed by atoms with Crippen LogP contribution in [0, 0.1) is 11.8 Å². The minimum atomic E-state index is 0.0946. The number of rotatable bonds is 5. The molecule has 6 heteroatoms. The Balaban J connectivity index is 0.000000401. The molecule has 1 saturated heterocycles. The summed E-state index contributed by atoms with van der Waals surface area (Å²) in [6.45, 7) is 13.0. The van der Waals surface area contributed by atoms with E-state index in [2.05, 4.69) is 10.6 Å². The van der Waals surface area contributed by atoms with Gasteiger partial charge in [-0.25, -0.2) is 0 Å². The Kier molecular flexibility index (Phi) is 10.8. The third kappa shape index (κ3) is 9.73. The fourth-order valence-corrected chi connectivity index (χ4v) is 1.86. The molecule has 0 aromatic heterocycles. The van der Waals surface area contributed by atoms with Crippen LogP contribution in [0.3, 0.4) is 0 Å². The average molecular weight is 314 g/mol. The molecule has 0 aromatic carbocycles. The number of carbonyl (C=O) groups is 2. The van der Waals surface area contributed by atoms with Crippen LogP contribution < -0.4 is 10.6 Å². The fraction of sp³-hybridized carbons (Fsp3) is 0.875. The van der Waals surface area contributed by atoms with E-state index in [9.17, 15) is 9.59 Å². The molecule has 0 unspecified atom stereocenters. The van der Waals surface area contributed by atoms with Crippen molar-refractivity contribution in [1.82, 2.24) is 20.4 Å². The zero-order valence-corrected chi connectivity index (χ0v) is 15.1. The zero-order chi connectivity index (χ0) is 17.1. The standard InChI is InChI=1S/C8H16N2O.C8H18N2O/c1-7(2)8(11)10-5-3-9-4-6-10;1-7(2)8(11)9-5-6-10(3)4/h7,9H,3-6H2,1-2H3;7H,5-6H2,1-4H3,(H,9,11). The lowest BCUT2D eigenvalue weighted by Gasteiger charge is -2.28. The summed E-state index contributed by atoms with van der Waals surface area (Å²) in [7, 11) is 3.98. The van der Waals surface area contributed by atoms with Crippen LogP contribution in [-0.2, 0) is 9.59 Å². The van der Waals surface area contributed by atoms with Crippen molar-refractivity contribution in [2.45, 2.75) is 27.7 Å². The van der Waals surface area contributed by atoms with E-state index in [-0.39, 0.29) is 23.7 Å². The maximum Gasteiger partial charge on any atom is 0.225 e. The first-order chi connectivity index (χ1) is 10.3. The van der Waals surface area contributed by atoms with E-state index in [0.717, 1.165) is 39.3 Å². The van der Waals surface area contributed by atoms with Crippen LogP contribution >= 0.6 is 0 Å². The lowest BCUT2D eigenvalue weighted by Crippen LogP contribution is -2.47. The summed E-state index contributed by atoms with van der Waals surface area (Å²) < 4.78 is 0. The molecule has 1 rings (SSSR count). The smallest absolute Gasteiger partial charge is 0.225 e. The van der Waals surface area contributed by atoms with Gasteiger partial charge in [-0.1, -0.05) is 27.7 Å². The van der Waals surface area contributed by atoms with E-state index in [1.54, 1.807) is 0 Å². The van der Waals surface area contributed by atoms with Crippen LogP contribution in [0.25, 0.3) is 0 Å². The molecule has 130 valence electrons. The molecule has 6 nitrogen and oxygen atoms in total. The van der Waals surface area contributed by atoms with Crippen LogP contribution in [0.4, 0.5) is 0 Å². The van der Waals surface area contributed by atoms with Crippen molar-refractivity contribution in [3.05, 3.63) is 0 Å². The second-order valence-corrected chi connectivity index (χ2v) is 6.48. The van der Waals surface area contributed by atoms with Gasteiger partial charge in [0.15, 0.2) is 0 Å². The van der Waals surface area contributed by atoms with E-state index >= 15 is 0 Å². The molecule has 1 fully saturated rings. The molecule has 22 heavy (non-hydrogen) atoms. The molecular weight excluding hydrogens is 280 g/mol. The van der Waals surface area contributed by atoms with E-state index in [1.807, 2.05) is 51.6 Å². The number of nitrogens with zero attached hydrogens (tertiary/aromatic N) is 2. The van der Waals surface area contributed by atoms with Gasteiger partial charge in [0.25, 0.3) is 0 Å². The number of likely N-dealkylation sites (N-methyl/N-ethyl adjacent to an activating group) is 1. The molecule has 0 radical (unpaired) electrons. The van der Waals surface area contributed by atoms with Crippen LogP contribution in [0.1, 0.15) is 27.7 Å². The van der Waals surface area contributed by atoms with Crippen LogP contribution in [-0.4, -0.2) is 75.0 Å². The van der Waals surface area contributed by atoms with Gasteiger partial charge in [0.1, 0.15) is 0 Å². The molecule has 1 heterocycles. The molecule has 0 aliphatic carbocycles. The number of hydrogen-bond acceptors (Lipinski definition) is 4. The number of piperazine rings is 1. The van der Waals surface area contributed by atoms with Gasteiger partial charge in [-0.15, -0.1) is 0 Å². The summed E-state index contributed by atoms with van der Waals surface area (Å²) in [6, 6.07) is 0. The van der Waals surface area contributed by atoms with Gasteiger partial charge in [-0.2, -0.15) is 0 Å². The Labute approximate surface area is 135 Å². The number of carbonyl (C=O) groups excluding carboxylic acids is 2. The first-order valence-electron chi connectivity index (χ1n) is 8.17. The normalized spacial score (nSPS) is 14.9. The lowest BCUT2D eigenvalue weighted by molar-refractivity contribution is -0.135. The summed E-state index contributed by atoms with van der Waals surface area (Å²) in [4.78, 5) is 26.4. The highest BCUT2D eigenvalue weighted by molar-refractivity contribution is 5.78. The molecule has 0 aromatic rings. The highest BCUT2D eigenvalue weighted by Gasteiger charge is 2.18. The summed E-state index contributed by atoms with van der Waals surface area (Å²) in [5.74, 6) is 0.656. The third-order valence-electron chi connectivity index (χ3n) is 3.31. The van der Waals surface area contributed by atoms with Gasteiger partial charge in [-0.3, -0.25) is 9.59 Å². The third-order valence-corrected chi connectivity index (χ3v) is 3.31. The molecule has 2 N–H and O–H groups in total. The van der Waals surface area contributed by atoms with Crippen molar-refractivity contribution < 1.29 is 9.59 Å². The Morgan fingerprint density at radius 1 is 1.09 bits per heavy atom. The van der Waals surface area contributed by atoms with Gasteiger partial charge in [0.05, 0.1) is 0 Å². The van der Waals surface area contributed by atoms with Crippen molar-refractivity contribution in [2.75, 3.05) is 53.4 Å². The van der Waals surface area contributed by atoms with E-state index in [4.69, 9.17) is 0 Å². The lowest BCUT2D eigenvalue weighted by atomic mass is 10.2. The van der Waals surface area contributed by atoms with Crippen molar-refractivity contribution in [3.63, 3.8) is 0 Å². The predicted molar refractivity (Wildman–Crippen MR) is 90.7 cm³/mol. The van der Waals surface area contributed by atoms with Gasteiger partial charge in [0.2, 0.25) is 11.8 Å². The van der Waals surface area contributed by atoms with Gasteiger partial charge >= 0.3 is 0 Å². The largest absolute Gasteiger partial charge is 0.355 e. The molecule has 1 aliphatic rings. The second kappa shape index (κ2) is 11.4. The van der Waals surface area contributed by atoms with E-state index < -0.39 is 0 Å². The minimum Gasteiger partial charge on any atom is -0.355 e. The van der Waals surface area contributed by atoms with Crippen molar-refractivity contribution in [2.24, 2.45) is 11.8 Å². The monoisotopic (exact) mass is 314 g/mol. The Morgan fingerprint density at radius 2 is 1.64 bits per heavy atom. The summed E-state index contributed by atoms with van der Waals surface area (Å²) in [5, 5.41) is 6.05. The van der Waals surface area contributed by atoms with Gasteiger partial charge < -0.3 is 20.4 Å². The Morgan fingerprint density at radius 3 is 2.05 bits per heavy atom. The maximum atomic E-state index is 11.4. The molecule has 0 atom stereocenters. The molecule has 2 amide bonds. The molecule has 0 bridgehead atoms. The van der Waals surface area contributed by atoms with E-state index in [0.29, 0.717) is 0 Å². The maximum absolute atomic E-state index is 11.4. The topological polar surface area (TPSA) is 64.7 Å². The number of hydrogen-bond donors (Lipinski definition) is 2. The van der Waals surface area contributed by atoms with Crippen molar-refractivity contribution >= 4 is 11.8 Å². The average Bonchev–Trinajstić information content (AvgIpc) is 2.47. The van der Waals surface area contributed by atoms with Crippen molar-refractivity contribution in [3.8, 4) is 0 Å². The molecule has 0 spiro atoms. The summed E-state index contributed by atoms with van der Waals surface area (Å²) in [5.41, 5.74) is 0. The number of amides is 2. The first-order valence-corrected chi connectivity index (χ1v) is 8.17. The van der Waals surface area contributed by atoms with Gasteiger partial charge in [-0.05, 0) is 14.1 Å². The van der Waals surface area contributed by atoms with E-state index in [1.165, 1.54) is 0 Å². The first kappa shape index (κ1) is 20.9. The van der Waals surface area contributed by atoms with Crippen LogP contribution in [0.2, 0.25) is 0 Å². The second-order valence-electron chi connectivity index (χ2n) is 6.48. The highest BCUT2D eigenvalue weighted by Crippen LogP contribution is 2.01. The van der Waals surface area contributed by atoms with Gasteiger partial charge in [0, 0.05) is 51.1 Å². The quantitative estimate of drug-likeness (QED) is 0.771. The molecule has 0 saturated carbocycles. The summed E-state index contributed by atoms with van der Waals surface area (Å²) in [6.07, 6.45) is 0. The van der Waals surface area contributed by atoms with Crippen LogP contribution in [0.5, 0.6) is 0 Å². The van der Waals surface area contributed by atoms with Crippen molar-refractivity contribution in [1.29, 1.82) is 0 Å². The fourth-order valence-electron chi connectivity index (χ4n) is 1.86. The molecular formula is C16H34N4O2. The number of nitrogens with one attached hydrogen (secondary N) is 2. The molecule has 1 aliphatic heterocycles. The van der Waals surface area contributed by atoms with Crippen LogP contribution in [0.15, 0.2) is 0 Å². The Bertz CT molecular complexity index is 324. The SMILES string of the molecule is CC(C)C(=O)N1CCNCC1.CC(C)C(=O)NCCN(C)C. The predicted octanol–water partition coefficient (Wildman–Crippen LogP) is 0.394. The highest BCUT2D eigenvalue weighted by atomic mass is 16.2. The summed E-state index contributed by atoms with van der Waals surface area (Å²) >= 11 is 0.